The van der Waals surface area contributed by atoms with E-state index >= 15 is 0 Å². The Morgan fingerprint density at radius 2 is 1.95 bits per heavy atom. The molecule has 0 bridgehead atoms. The lowest BCUT2D eigenvalue weighted by atomic mass is 9.83. The van der Waals surface area contributed by atoms with E-state index in [-0.39, 0.29) is 12.0 Å². The molecule has 0 radical (unpaired) electrons. The highest BCUT2D eigenvalue weighted by Gasteiger charge is 2.31. The van der Waals surface area contributed by atoms with E-state index < -0.39 is 0 Å². The van der Waals surface area contributed by atoms with Gasteiger partial charge in [-0.25, -0.2) is 0 Å². The minimum atomic E-state index is 0.149. The fraction of sp³-hybridized carbons (Fsp3) is 0.611. The average molecular weight is 286 g/mol. The van der Waals surface area contributed by atoms with E-state index in [2.05, 4.69) is 24.3 Å². The molecule has 2 aliphatic rings. The summed E-state index contributed by atoms with van der Waals surface area (Å²) in [5, 5.41) is 0. The first-order valence-electron chi connectivity index (χ1n) is 8.24. The Bertz CT molecular complexity index is 514. The van der Waals surface area contributed by atoms with Crippen LogP contribution in [-0.4, -0.2) is 29.9 Å². The first-order chi connectivity index (χ1) is 10.1. The zero-order valence-electron chi connectivity index (χ0n) is 12.9. The highest BCUT2D eigenvalue weighted by atomic mass is 16.2. The third-order valence-electron chi connectivity index (χ3n) is 5.28. The lowest BCUT2D eigenvalue weighted by molar-refractivity contribution is -0.137. The summed E-state index contributed by atoms with van der Waals surface area (Å²) >= 11 is 0. The van der Waals surface area contributed by atoms with Crippen LogP contribution in [0.3, 0.4) is 0 Å². The smallest absolute Gasteiger partial charge is 0.225 e. The van der Waals surface area contributed by atoms with Crippen LogP contribution in [-0.2, 0) is 17.6 Å². The van der Waals surface area contributed by atoms with E-state index in [0.717, 1.165) is 44.9 Å². The van der Waals surface area contributed by atoms with Crippen LogP contribution < -0.4 is 5.73 Å². The van der Waals surface area contributed by atoms with Crippen LogP contribution in [0.5, 0.6) is 0 Å². The molecule has 21 heavy (non-hydrogen) atoms. The summed E-state index contributed by atoms with van der Waals surface area (Å²) in [6.07, 6.45) is 7.22. The number of amides is 1. The number of rotatable bonds is 2. The van der Waals surface area contributed by atoms with Crippen LogP contribution in [0.1, 0.15) is 43.2 Å². The first-order valence-corrected chi connectivity index (χ1v) is 8.24. The molecular formula is C18H26N2O. The highest BCUT2D eigenvalue weighted by Crippen LogP contribution is 2.28. The monoisotopic (exact) mass is 286 g/mol. The quantitative estimate of drug-likeness (QED) is 0.908. The lowest BCUT2D eigenvalue weighted by Gasteiger charge is -2.36. The number of benzene rings is 1. The summed E-state index contributed by atoms with van der Waals surface area (Å²) in [6, 6.07) is 9.20. The van der Waals surface area contributed by atoms with Gasteiger partial charge in [-0.1, -0.05) is 30.7 Å². The van der Waals surface area contributed by atoms with Crippen LogP contribution in [0, 0.1) is 5.92 Å². The molecule has 1 amide bonds. The van der Waals surface area contributed by atoms with Crippen molar-refractivity contribution in [2.24, 2.45) is 11.7 Å². The summed E-state index contributed by atoms with van der Waals surface area (Å²) in [5.74, 6) is 0.463. The second kappa shape index (κ2) is 6.18. The summed E-state index contributed by atoms with van der Waals surface area (Å²) in [5.41, 5.74) is 8.90. The van der Waals surface area contributed by atoms with Gasteiger partial charge in [0.05, 0.1) is 0 Å². The zero-order valence-corrected chi connectivity index (χ0v) is 12.9. The normalized spacial score (nSPS) is 28.8. The largest absolute Gasteiger partial charge is 0.342 e. The number of nitrogens with zero attached hydrogens (tertiary/aromatic N) is 1. The molecule has 3 rings (SSSR count). The fourth-order valence-corrected chi connectivity index (χ4v) is 3.93. The Kier molecular flexibility index (Phi) is 4.29. The second-order valence-corrected chi connectivity index (χ2v) is 6.74. The predicted octanol–water partition coefficient (Wildman–Crippen LogP) is 2.52. The summed E-state index contributed by atoms with van der Waals surface area (Å²) in [7, 11) is 1.99. The molecular weight excluding hydrogens is 260 g/mol. The fourth-order valence-electron chi connectivity index (χ4n) is 3.93. The van der Waals surface area contributed by atoms with Gasteiger partial charge >= 0.3 is 0 Å². The maximum absolute atomic E-state index is 12.7. The number of carbonyl (C=O) groups is 1. The average Bonchev–Trinajstić information content (AvgIpc) is 2.53. The third kappa shape index (κ3) is 3.13. The number of nitrogens with two attached hydrogens (primary N) is 1. The molecule has 3 unspecified atom stereocenters. The Morgan fingerprint density at radius 1 is 1.19 bits per heavy atom. The van der Waals surface area contributed by atoms with Crippen LogP contribution in [0.25, 0.3) is 0 Å². The first kappa shape index (κ1) is 14.6. The number of carbonyl (C=O) groups excluding carboxylic acids is 1. The van der Waals surface area contributed by atoms with Crippen molar-refractivity contribution < 1.29 is 4.79 Å². The van der Waals surface area contributed by atoms with Gasteiger partial charge in [-0.2, -0.15) is 0 Å². The van der Waals surface area contributed by atoms with Crippen molar-refractivity contribution in [3.8, 4) is 0 Å². The van der Waals surface area contributed by atoms with Crippen molar-refractivity contribution in [3.63, 3.8) is 0 Å². The molecule has 1 fully saturated rings. The molecule has 3 heteroatoms. The molecule has 1 aromatic carbocycles. The number of aryl methyl sites for hydroxylation is 1. The van der Waals surface area contributed by atoms with E-state index in [1.165, 1.54) is 11.1 Å². The van der Waals surface area contributed by atoms with Crippen molar-refractivity contribution in [2.75, 3.05) is 7.05 Å². The molecule has 0 spiro atoms. The van der Waals surface area contributed by atoms with E-state index in [9.17, 15) is 4.79 Å². The van der Waals surface area contributed by atoms with E-state index in [4.69, 9.17) is 5.73 Å². The number of likely N-dealkylation sites (N-methyl/N-ethyl adjacent to an activating group) is 1. The number of fused-ring (bicyclic) bond motifs is 1. The predicted molar refractivity (Wildman–Crippen MR) is 85.0 cm³/mol. The Labute approximate surface area is 127 Å². The Morgan fingerprint density at radius 3 is 2.71 bits per heavy atom. The van der Waals surface area contributed by atoms with Gasteiger partial charge in [0.25, 0.3) is 0 Å². The molecule has 0 aromatic heterocycles. The van der Waals surface area contributed by atoms with Gasteiger partial charge in [0, 0.05) is 25.0 Å². The van der Waals surface area contributed by atoms with Gasteiger partial charge in [0.2, 0.25) is 5.91 Å². The second-order valence-electron chi connectivity index (χ2n) is 6.74. The molecule has 1 aromatic rings. The topological polar surface area (TPSA) is 46.3 Å². The summed E-state index contributed by atoms with van der Waals surface area (Å²) in [6.45, 7) is 0. The molecule has 2 aliphatic carbocycles. The summed E-state index contributed by atoms with van der Waals surface area (Å²) in [4.78, 5) is 14.7. The van der Waals surface area contributed by atoms with Gasteiger partial charge in [-0.3, -0.25) is 4.79 Å². The van der Waals surface area contributed by atoms with Crippen molar-refractivity contribution >= 4 is 5.91 Å². The van der Waals surface area contributed by atoms with Crippen molar-refractivity contribution in [2.45, 2.75) is 57.0 Å². The molecule has 3 nitrogen and oxygen atoms in total. The van der Waals surface area contributed by atoms with Gasteiger partial charge < -0.3 is 10.6 Å². The van der Waals surface area contributed by atoms with Gasteiger partial charge in [-0.05, 0) is 49.7 Å². The van der Waals surface area contributed by atoms with Crippen LogP contribution in [0.2, 0.25) is 0 Å². The lowest BCUT2D eigenvalue weighted by Crippen LogP contribution is -2.45. The van der Waals surface area contributed by atoms with Gasteiger partial charge in [-0.15, -0.1) is 0 Å². The minimum absolute atomic E-state index is 0.149. The number of hydrogen-bond donors (Lipinski definition) is 1. The van der Waals surface area contributed by atoms with E-state index in [1.54, 1.807) is 0 Å². The maximum Gasteiger partial charge on any atom is 0.225 e. The molecule has 3 atom stereocenters. The van der Waals surface area contributed by atoms with Crippen LogP contribution in [0.15, 0.2) is 24.3 Å². The van der Waals surface area contributed by atoms with Crippen LogP contribution in [0.4, 0.5) is 0 Å². The van der Waals surface area contributed by atoms with Gasteiger partial charge in [0.15, 0.2) is 0 Å². The summed E-state index contributed by atoms with van der Waals surface area (Å²) < 4.78 is 0. The molecule has 1 saturated carbocycles. The number of hydrogen-bond acceptors (Lipinski definition) is 2. The molecule has 0 heterocycles. The Hall–Kier alpha value is -1.35. The minimum Gasteiger partial charge on any atom is -0.342 e. The van der Waals surface area contributed by atoms with Crippen molar-refractivity contribution in [1.82, 2.24) is 4.90 Å². The van der Waals surface area contributed by atoms with Crippen molar-refractivity contribution in [1.29, 1.82) is 0 Å². The molecule has 0 saturated heterocycles. The van der Waals surface area contributed by atoms with Gasteiger partial charge in [0.1, 0.15) is 0 Å². The molecule has 0 aliphatic heterocycles. The van der Waals surface area contributed by atoms with E-state index in [1.807, 2.05) is 11.9 Å². The van der Waals surface area contributed by atoms with Crippen molar-refractivity contribution in [3.05, 3.63) is 35.4 Å². The molecule has 2 N–H and O–H groups in total. The third-order valence-corrected chi connectivity index (χ3v) is 5.28. The Balaban J connectivity index is 1.66. The maximum atomic E-state index is 12.7. The van der Waals surface area contributed by atoms with E-state index in [0.29, 0.717) is 11.9 Å². The standard InChI is InChI=1S/C18H26N2O/c1-20(18(21)15-7-4-8-16(19)11-15)17-10-9-13-5-2-3-6-14(13)12-17/h2-3,5-6,15-17H,4,7-12,19H2,1H3. The molecule has 114 valence electrons. The zero-order chi connectivity index (χ0) is 14.8. The van der Waals surface area contributed by atoms with Crippen LogP contribution >= 0.6 is 0 Å². The SMILES string of the molecule is CN(C(=O)C1CCCC(N)C1)C1CCc2ccccc2C1. The highest BCUT2D eigenvalue weighted by molar-refractivity contribution is 5.79.